The Balaban J connectivity index is 2.16. The molecule has 0 aromatic heterocycles. The maximum absolute atomic E-state index is 11.2. The minimum absolute atomic E-state index is 0.146. The molecule has 0 spiro atoms. The fourth-order valence-corrected chi connectivity index (χ4v) is 1.28. The van der Waals surface area contributed by atoms with Gasteiger partial charge in [-0.2, -0.15) is 0 Å². The Kier molecular flexibility index (Phi) is 5.33. The van der Waals surface area contributed by atoms with Gasteiger partial charge in [0, 0.05) is 6.04 Å². The highest BCUT2D eigenvalue weighted by molar-refractivity contribution is 5.74. The van der Waals surface area contributed by atoms with Gasteiger partial charge in [0.25, 0.3) is 0 Å². The second-order valence-corrected chi connectivity index (χ2v) is 4.22. The van der Waals surface area contributed by atoms with Gasteiger partial charge in [0.05, 0.1) is 6.54 Å². The lowest BCUT2D eigenvalue weighted by atomic mass is 10.2. The minimum atomic E-state index is -0.160. The van der Waals surface area contributed by atoms with E-state index in [1.165, 1.54) is 5.56 Å². The third-order valence-electron chi connectivity index (χ3n) is 2.10. The maximum Gasteiger partial charge on any atom is 0.315 e. The van der Waals surface area contributed by atoms with Crippen LogP contribution >= 0.6 is 0 Å². The van der Waals surface area contributed by atoms with Gasteiger partial charge >= 0.3 is 6.03 Å². The van der Waals surface area contributed by atoms with Crippen LogP contribution in [0.3, 0.4) is 0 Å². The third-order valence-corrected chi connectivity index (χ3v) is 2.10. The van der Waals surface area contributed by atoms with E-state index in [4.69, 9.17) is 4.74 Å². The van der Waals surface area contributed by atoms with Crippen LogP contribution in [0.5, 0.6) is 5.75 Å². The summed E-state index contributed by atoms with van der Waals surface area (Å²) in [5.41, 5.74) is 1.20. The third kappa shape index (κ3) is 5.80. The van der Waals surface area contributed by atoms with Gasteiger partial charge < -0.3 is 15.4 Å². The summed E-state index contributed by atoms with van der Waals surface area (Å²) in [6, 6.07) is 7.82. The summed E-state index contributed by atoms with van der Waals surface area (Å²) in [4.78, 5) is 11.2. The molecule has 0 aliphatic carbocycles. The molecule has 2 N–H and O–H groups in total. The molecule has 0 radical (unpaired) electrons. The van der Waals surface area contributed by atoms with Crippen molar-refractivity contribution in [2.24, 2.45) is 0 Å². The predicted molar refractivity (Wildman–Crippen MR) is 68.3 cm³/mol. The summed E-state index contributed by atoms with van der Waals surface area (Å²) in [5.74, 6) is 0.821. The number of urea groups is 1. The molecule has 0 unspecified atom stereocenters. The zero-order valence-electron chi connectivity index (χ0n) is 10.6. The predicted octanol–water partition coefficient (Wildman–Crippen LogP) is 2.08. The molecule has 2 amide bonds. The van der Waals surface area contributed by atoms with E-state index < -0.39 is 0 Å². The molecule has 0 heterocycles. The summed E-state index contributed by atoms with van der Waals surface area (Å²) in [7, 11) is 0. The molecule has 1 aromatic carbocycles. The molecule has 0 saturated carbocycles. The minimum Gasteiger partial charge on any atom is -0.492 e. The lowest BCUT2D eigenvalue weighted by molar-refractivity contribution is 0.234. The summed E-state index contributed by atoms with van der Waals surface area (Å²) < 4.78 is 5.47. The van der Waals surface area contributed by atoms with Crippen LogP contribution in [0.25, 0.3) is 0 Å². The zero-order chi connectivity index (χ0) is 12.7. The van der Waals surface area contributed by atoms with Crippen molar-refractivity contribution in [2.75, 3.05) is 13.2 Å². The van der Waals surface area contributed by atoms with Crippen molar-refractivity contribution in [1.29, 1.82) is 0 Å². The van der Waals surface area contributed by atoms with E-state index in [1.807, 2.05) is 45.0 Å². The summed E-state index contributed by atoms with van der Waals surface area (Å²) in [6.07, 6.45) is 0. The van der Waals surface area contributed by atoms with Gasteiger partial charge in [0.1, 0.15) is 12.4 Å². The van der Waals surface area contributed by atoms with Gasteiger partial charge in [-0.3, -0.25) is 0 Å². The first-order chi connectivity index (χ1) is 8.08. The molecular weight excluding hydrogens is 216 g/mol. The van der Waals surface area contributed by atoms with E-state index in [9.17, 15) is 4.79 Å². The Bertz CT molecular complexity index is 347. The van der Waals surface area contributed by atoms with E-state index in [2.05, 4.69) is 10.6 Å². The number of nitrogens with one attached hydrogen (secondary N) is 2. The van der Waals surface area contributed by atoms with Gasteiger partial charge in [-0.1, -0.05) is 17.7 Å². The highest BCUT2D eigenvalue weighted by atomic mass is 16.5. The molecule has 0 fully saturated rings. The van der Waals surface area contributed by atoms with E-state index in [-0.39, 0.29) is 12.1 Å². The quantitative estimate of drug-likeness (QED) is 0.769. The Morgan fingerprint density at radius 3 is 2.53 bits per heavy atom. The topological polar surface area (TPSA) is 50.4 Å². The summed E-state index contributed by atoms with van der Waals surface area (Å²) >= 11 is 0. The average Bonchev–Trinajstić information content (AvgIpc) is 2.26. The number of carbonyl (C=O) groups excluding carboxylic acids is 1. The molecule has 0 aliphatic heterocycles. The molecule has 1 rings (SSSR count). The van der Waals surface area contributed by atoms with Gasteiger partial charge in [-0.25, -0.2) is 4.79 Å². The second kappa shape index (κ2) is 6.78. The number of carbonyl (C=O) groups is 1. The van der Waals surface area contributed by atoms with Crippen molar-refractivity contribution in [2.45, 2.75) is 26.8 Å². The number of rotatable bonds is 5. The lowest BCUT2D eigenvalue weighted by Crippen LogP contribution is -2.41. The second-order valence-electron chi connectivity index (χ2n) is 4.22. The van der Waals surface area contributed by atoms with Crippen LogP contribution in [0.4, 0.5) is 4.79 Å². The standard InChI is InChI=1S/C13H20N2O2/c1-10(2)15-13(16)14-8-9-17-12-6-4-11(3)5-7-12/h4-7,10H,8-9H2,1-3H3,(H2,14,15,16). The highest BCUT2D eigenvalue weighted by Gasteiger charge is 2.00. The Morgan fingerprint density at radius 2 is 1.94 bits per heavy atom. The number of benzene rings is 1. The molecule has 0 aliphatic rings. The first kappa shape index (κ1) is 13.4. The van der Waals surface area contributed by atoms with Crippen LogP contribution in [0.1, 0.15) is 19.4 Å². The van der Waals surface area contributed by atoms with Crippen LogP contribution in [0.15, 0.2) is 24.3 Å². The van der Waals surface area contributed by atoms with E-state index >= 15 is 0 Å². The summed E-state index contributed by atoms with van der Waals surface area (Å²) in [6.45, 7) is 6.83. The molecule has 4 heteroatoms. The fourth-order valence-electron chi connectivity index (χ4n) is 1.28. The molecule has 0 bridgehead atoms. The normalized spacial score (nSPS) is 10.1. The molecule has 0 atom stereocenters. The number of ether oxygens (including phenoxy) is 1. The maximum atomic E-state index is 11.2. The van der Waals surface area contributed by atoms with Crippen LogP contribution < -0.4 is 15.4 Å². The zero-order valence-corrected chi connectivity index (χ0v) is 10.6. The molecule has 0 saturated heterocycles. The number of hydrogen-bond donors (Lipinski definition) is 2. The van der Waals surface area contributed by atoms with E-state index in [0.29, 0.717) is 13.2 Å². The molecule has 4 nitrogen and oxygen atoms in total. The van der Waals surface area contributed by atoms with Crippen molar-refractivity contribution >= 4 is 6.03 Å². The van der Waals surface area contributed by atoms with Crippen molar-refractivity contribution in [3.8, 4) is 5.75 Å². The smallest absolute Gasteiger partial charge is 0.315 e. The average molecular weight is 236 g/mol. The van der Waals surface area contributed by atoms with Crippen molar-refractivity contribution < 1.29 is 9.53 Å². The van der Waals surface area contributed by atoms with Crippen molar-refractivity contribution in [3.63, 3.8) is 0 Å². The van der Waals surface area contributed by atoms with E-state index in [1.54, 1.807) is 0 Å². The fraction of sp³-hybridized carbons (Fsp3) is 0.462. The van der Waals surface area contributed by atoms with Crippen LogP contribution in [-0.4, -0.2) is 25.2 Å². The SMILES string of the molecule is Cc1ccc(OCCNC(=O)NC(C)C)cc1. The molecule has 17 heavy (non-hydrogen) atoms. The van der Waals surface area contributed by atoms with Crippen molar-refractivity contribution in [3.05, 3.63) is 29.8 Å². The molecule has 1 aromatic rings. The van der Waals surface area contributed by atoms with Crippen LogP contribution in [0, 0.1) is 6.92 Å². The van der Waals surface area contributed by atoms with Crippen LogP contribution in [-0.2, 0) is 0 Å². The number of amides is 2. The first-order valence-electron chi connectivity index (χ1n) is 5.82. The van der Waals surface area contributed by atoms with Gasteiger partial charge in [0.2, 0.25) is 0 Å². The monoisotopic (exact) mass is 236 g/mol. The molecular formula is C13H20N2O2. The summed E-state index contributed by atoms with van der Waals surface area (Å²) in [5, 5.41) is 5.46. The number of aryl methyl sites for hydroxylation is 1. The first-order valence-corrected chi connectivity index (χ1v) is 5.82. The Labute approximate surface area is 102 Å². The van der Waals surface area contributed by atoms with Gasteiger partial charge in [-0.15, -0.1) is 0 Å². The largest absolute Gasteiger partial charge is 0.492 e. The Morgan fingerprint density at radius 1 is 1.29 bits per heavy atom. The Hall–Kier alpha value is -1.71. The van der Waals surface area contributed by atoms with E-state index in [0.717, 1.165) is 5.75 Å². The van der Waals surface area contributed by atoms with Crippen molar-refractivity contribution in [1.82, 2.24) is 10.6 Å². The van der Waals surface area contributed by atoms with Gasteiger partial charge in [0.15, 0.2) is 0 Å². The lowest BCUT2D eigenvalue weighted by Gasteiger charge is -2.10. The highest BCUT2D eigenvalue weighted by Crippen LogP contribution is 2.10. The van der Waals surface area contributed by atoms with Crippen LogP contribution in [0.2, 0.25) is 0 Å². The number of hydrogen-bond acceptors (Lipinski definition) is 2. The molecule has 94 valence electrons. The van der Waals surface area contributed by atoms with Gasteiger partial charge in [-0.05, 0) is 32.9 Å².